The van der Waals surface area contributed by atoms with Crippen LogP contribution in [0.2, 0.25) is 0 Å². The van der Waals surface area contributed by atoms with Crippen LogP contribution < -0.4 is 4.74 Å². The number of hydrogen-bond donors (Lipinski definition) is 0. The molecule has 3 aliphatic rings. The highest BCUT2D eigenvalue weighted by Gasteiger charge is 2.43. The molecule has 2 saturated heterocycles. The molecule has 3 fully saturated rings. The molecule has 1 saturated carbocycles. The molecule has 3 heterocycles. The van der Waals surface area contributed by atoms with Crippen molar-refractivity contribution in [3.05, 3.63) is 23.9 Å². The van der Waals surface area contributed by atoms with E-state index in [0.29, 0.717) is 37.1 Å². The number of nitrogens with zero attached hydrogens (tertiary/aromatic N) is 2. The monoisotopic (exact) mass is 332 g/mol. The summed E-state index contributed by atoms with van der Waals surface area (Å²) in [6.07, 6.45) is 5.69. The van der Waals surface area contributed by atoms with E-state index < -0.39 is 5.79 Å². The van der Waals surface area contributed by atoms with E-state index in [0.717, 1.165) is 19.4 Å². The van der Waals surface area contributed by atoms with Gasteiger partial charge in [0, 0.05) is 38.2 Å². The number of likely N-dealkylation sites (tertiary alicyclic amines) is 1. The summed E-state index contributed by atoms with van der Waals surface area (Å²) in [5, 5.41) is 0. The van der Waals surface area contributed by atoms with Crippen molar-refractivity contribution < 1.29 is 19.0 Å². The summed E-state index contributed by atoms with van der Waals surface area (Å²) < 4.78 is 17.3. The number of carbonyl (C=O) groups is 1. The zero-order chi connectivity index (χ0) is 16.6. The summed E-state index contributed by atoms with van der Waals surface area (Å²) in [6.45, 7) is 4.68. The minimum absolute atomic E-state index is 0.0112. The SMILES string of the molecule is C[C@@H]1COC2(CCN(C(=O)c3ccc(OCC4CC4)nc3)CC2)O1. The molecule has 1 aliphatic carbocycles. The number of aromatic nitrogens is 1. The molecule has 4 rings (SSSR count). The van der Waals surface area contributed by atoms with Gasteiger partial charge >= 0.3 is 0 Å². The second-order valence-corrected chi connectivity index (χ2v) is 7.08. The van der Waals surface area contributed by atoms with Crippen LogP contribution in [0.4, 0.5) is 0 Å². The Balaban J connectivity index is 1.32. The highest BCUT2D eigenvalue weighted by atomic mass is 16.7. The van der Waals surface area contributed by atoms with Gasteiger partial charge in [0.2, 0.25) is 5.88 Å². The lowest BCUT2D eigenvalue weighted by Crippen LogP contribution is -2.47. The first kappa shape index (κ1) is 15.8. The second-order valence-electron chi connectivity index (χ2n) is 7.08. The van der Waals surface area contributed by atoms with E-state index in [4.69, 9.17) is 14.2 Å². The first-order valence-corrected chi connectivity index (χ1v) is 8.83. The van der Waals surface area contributed by atoms with E-state index in [-0.39, 0.29) is 12.0 Å². The number of amides is 1. The lowest BCUT2D eigenvalue weighted by molar-refractivity contribution is -0.189. The van der Waals surface area contributed by atoms with E-state index in [1.807, 2.05) is 11.8 Å². The van der Waals surface area contributed by atoms with Gasteiger partial charge in [-0.05, 0) is 31.7 Å². The summed E-state index contributed by atoms with van der Waals surface area (Å²) in [5.74, 6) is 0.820. The summed E-state index contributed by atoms with van der Waals surface area (Å²) >= 11 is 0. The highest BCUT2D eigenvalue weighted by Crippen LogP contribution is 2.34. The second kappa shape index (κ2) is 6.33. The van der Waals surface area contributed by atoms with Gasteiger partial charge in [0.05, 0.1) is 24.9 Å². The third kappa shape index (κ3) is 3.39. The summed E-state index contributed by atoms with van der Waals surface area (Å²) in [4.78, 5) is 18.7. The van der Waals surface area contributed by atoms with Crippen molar-refractivity contribution in [1.29, 1.82) is 0 Å². The van der Waals surface area contributed by atoms with Crippen LogP contribution in [0, 0.1) is 5.92 Å². The van der Waals surface area contributed by atoms with Gasteiger partial charge in [0.15, 0.2) is 5.79 Å². The van der Waals surface area contributed by atoms with Crippen molar-refractivity contribution in [1.82, 2.24) is 9.88 Å². The lowest BCUT2D eigenvalue weighted by Gasteiger charge is -2.37. The number of carbonyl (C=O) groups excluding carboxylic acids is 1. The standard InChI is InChI=1S/C18H24N2O4/c1-13-11-23-18(24-13)6-8-20(9-7-18)17(21)15-4-5-16(19-10-15)22-12-14-2-3-14/h4-5,10,13-14H,2-3,6-9,11-12H2,1H3/t13-/m1/s1. The molecule has 2 aliphatic heterocycles. The maximum atomic E-state index is 12.6. The van der Waals surface area contributed by atoms with Crippen LogP contribution in [0.5, 0.6) is 5.88 Å². The minimum atomic E-state index is -0.477. The molecule has 6 nitrogen and oxygen atoms in total. The third-order valence-corrected chi connectivity index (χ3v) is 4.96. The van der Waals surface area contributed by atoms with E-state index >= 15 is 0 Å². The Bertz CT molecular complexity index is 592. The molecule has 0 N–H and O–H groups in total. The molecule has 1 aromatic rings. The molecular weight excluding hydrogens is 308 g/mol. The molecule has 1 aromatic heterocycles. The van der Waals surface area contributed by atoms with Crippen molar-refractivity contribution in [2.75, 3.05) is 26.3 Å². The van der Waals surface area contributed by atoms with Crippen molar-refractivity contribution in [3.63, 3.8) is 0 Å². The molecule has 0 radical (unpaired) electrons. The Morgan fingerprint density at radius 3 is 2.75 bits per heavy atom. The zero-order valence-electron chi connectivity index (χ0n) is 14.1. The number of pyridine rings is 1. The van der Waals surface area contributed by atoms with Gasteiger partial charge in [-0.25, -0.2) is 4.98 Å². The largest absolute Gasteiger partial charge is 0.477 e. The average Bonchev–Trinajstić information content (AvgIpc) is 3.37. The summed E-state index contributed by atoms with van der Waals surface area (Å²) in [6, 6.07) is 3.58. The predicted molar refractivity (Wildman–Crippen MR) is 86.8 cm³/mol. The fourth-order valence-corrected chi connectivity index (χ4v) is 3.28. The topological polar surface area (TPSA) is 60.9 Å². The van der Waals surface area contributed by atoms with Crippen LogP contribution in [0.25, 0.3) is 0 Å². The maximum absolute atomic E-state index is 12.6. The summed E-state index contributed by atoms with van der Waals surface area (Å²) in [5.41, 5.74) is 0.603. The van der Waals surface area contributed by atoms with E-state index in [1.54, 1.807) is 18.3 Å². The molecule has 1 atom stereocenters. The number of ether oxygens (including phenoxy) is 3. The maximum Gasteiger partial charge on any atom is 0.255 e. The van der Waals surface area contributed by atoms with E-state index in [2.05, 4.69) is 4.98 Å². The van der Waals surface area contributed by atoms with Crippen molar-refractivity contribution in [3.8, 4) is 5.88 Å². The number of hydrogen-bond acceptors (Lipinski definition) is 5. The lowest BCUT2D eigenvalue weighted by atomic mass is 10.0. The smallest absolute Gasteiger partial charge is 0.255 e. The van der Waals surface area contributed by atoms with Crippen LogP contribution in [-0.4, -0.2) is 54.0 Å². The van der Waals surface area contributed by atoms with Gasteiger partial charge < -0.3 is 19.1 Å². The normalized spacial score (nSPS) is 25.9. The molecule has 24 heavy (non-hydrogen) atoms. The van der Waals surface area contributed by atoms with Crippen LogP contribution in [0.1, 0.15) is 43.0 Å². The molecule has 1 spiro atoms. The Labute approximate surface area is 142 Å². The zero-order valence-corrected chi connectivity index (χ0v) is 14.1. The van der Waals surface area contributed by atoms with Crippen molar-refractivity contribution in [2.24, 2.45) is 5.92 Å². The molecular formula is C18H24N2O4. The highest BCUT2D eigenvalue weighted by molar-refractivity contribution is 5.94. The van der Waals surface area contributed by atoms with Gasteiger partial charge in [0.25, 0.3) is 5.91 Å². The predicted octanol–water partition coefficient (Wildman–Crippen LogP) is 2.24. The van der Waals surface area contributed by atoms with Crippen LogP contribution >= 0.6 is 0 Å². The molecule has 0 bridgehead atoms. The van der Waals surface area contributed by atoms with Crippen LogP contribution in [-0.2, 0) is 9.47 Å². The fourth-order valence-electron chi connectivity index (χ4n) is 3.28. The Kier molecular flexibility index (Phi) is 4.18. The Morgan fingerprint density at radius 1 is 1.38 bits per heavy atom. The number of rotatable bonds is 4. The van der Waals surface area contributed by atoms with Gasteiger partial charge in [-0.2, -0.15) is 0 Å². The summed E-state index contributed by atoms with van der Waals surface area (Å²) in [7, 11) is 0. The molecule has 130 valence electrons. The fraction of sp³-hybridized carbons (Fsp3) is 0.667. The minimum Gasteiger partial charge on any atom is -0.477 e. The quantitative estimate of drug-likeness (QED) is 0.846. The molecule has 6 heteroatoms. The molecule has 1 amide bonds. The number of piperidine rings is 1. The van der Waals surface area contributed by atoms with Crippen molar-refractivity contribution in [2.45, 2.75) is 44.5 Å². The van der Waals surface area contributed by atoms with Gasteiger partial charge in [-0.3, -0.25) is 4.79 Å². The Morgan fingerprint density at radius 2 is 2.17 bits per heavy atom. The van der Waals surface area contributed by atoms with Crippen molar-refractivity contribution >= 4 is 5.91 Å². The first-order valence-electron chi connectivity index (χ1n) is 8.83. The van der Waals surface area contributed by atoms with E-state index in [1.165, 1.54) is 12.8 Å². The van der Waals surface area contributed by atoms with Gasteiger partial charge in [0.1, 0.15) is 0 Å². The van der Waals surface area contributed by atoms with Crippen LogP contribution in [0.3, 0.4) is 0 Å². The Hall–Kier alpha value is -1.66. The molecule has 0 aromatic carbocycles. The van der Waals surface area contributed by atoms with E-state index in [9.17, 15) is 4.79 Å². The van der Waals surface area contributed by atoms with Crippen LogP contribution in [0.15, 0.2) is 18.3 Å². The third-order valence-electron chi connectivity index (χ3n) is 4.96. The van der Waals surface area contributed by atoms with Gasteiger partial charge in [-0.1, -0.05) is 0 Å². The average molecular weight is 332 g/mol. The molecule has 0 unspecified atom stereocenters. The first-order chi connectivity index (χ1) is 11.6. The van der Waals surface area contributed by atoms with Gasteiger partial charge in [-0.15, -0.1) is 0 Å².